The molecule has 0 radical (unpaired) electrons. The van der Waals surface area contributed by atoms with Crippen LogP contribution in [0.5, 0.6) is 23.0 Å². The van der Waals surface area contributed by atoms with Gasteiger partial charge >= 0.3 is 5.97 Å². The lowest BCUT2D eigenvalue weighted by Gasteiger charge is -2.15. The molecule has 0 aliphatic carbocycles. The Morgan fingerprint density at radius 3 is 1.80 bits per heavy atom. The van der Waals surface area contributed by atoms with E-state index in [2.05, 4.69) is 0 Å². The van der Waals surface area contributed by atoms with Gasteiger partial charge in [-0.05, 0) is 41.5 Å². The van der Waals surface area contributed by atoms with Gasteiger partial charge in [-0.1, -0.05) is 28.7 Å². The Morgan fingerprint density at radius 1 is 0.857 bits per heavy atom. The van der Waals surface area contributed by atoms with E-state index in [1.54, 1.807) is 38.5 Å². The van der Waals surface area contributed by atoms with Crippen molar-refractivity contribution in [2.75, 3.05) is 14.2 Å². The standard InChI is InChI=1S/C26H22FNO7/c1-32-18-7-3-16(4-8-18)14-34-23-11-20-22(28(27)13-21(25(20)29)26(30)31)12-24(23)35-15-17-5-9-19(33-2)10-6-17/h3-13H,14-15H2,1-2H3,(H,30,31). The van der Waals surface area contributed by atoms with Crippen molar-refractivity contribution in [3.8, 4) is 23.0 Å². The van der Waals surface area contributed by atoms with Crippen LogP contribution in [0.4, 0.5) is 4.48 Å². The van der Waals surface area contributed by atoms with Gasteiger partial charge in [-0.25, -0.2) is 4.79 Å². The van der Waals surface area contributed by atoms with Gasteiger partial charge < -0.3 is 24.1 Å². The number of nitrogens with zero attached hydrogens (tertiary/aromatic N) is 1. The number of pyridine rings is 1. The van der Waals surface area contributed by atoms with Crippen LogP contribution >= 0.6 is 0 Å². The van der Waals surface area contributed by atoms with Gasteiger partial charge in [0.15, 0.2) is 11.5 Å². The van der Waals surface area contributed by atoms with Gasteiger partial charge in [0.2, 0.25) is 5.43 Å². The fraction of sp³-hybridized carbons (Fsp3) is 0.154. The van der Waals surface area contributed by atoms with E-state index < -0.39 is 17.0 Å². The Hall–Kier alpha value is -4.53. The molecule has 1 aromatic heterocycles. The third kappa shape index (κ3) is 5.19. The minimum Gasteiger partial charge on any atom is -0.497 e. The van der Waals surface area contributed by atoms with Crippen molar-refractivity contribution >= 4 is 16.9 Å². The van der Waals surface area contributed by atoms with E-state index in [0.29, 0.717) is 17.7 Å². The Kier molecular flexibility index (Phi) is 6.86. The summed E-state index contributed by atoms with van der Waals surface area (Å²) < 4.78 is 36.8. The van der Waals surface area contributed by atoms with Crippen LogP contribution in [0.25, 0.3) is 10.9 Å². The summed E-state index contributed by atoms with van der Waals surface area (Å²) in [5, 5.41) is 9.12. The minimum absolute atomic E-state index is 0.0910. The molecule has 0 fully saturated rings. The summed E-state index contributed by atoms with van der Waals surface area (Å²) in [4.78, 5) is 24.2. The van der Waals surface area contributed by atoms with E-state index in [4.69, 9.17) is 18.9 Å². The van der Waals surface area contributed by atoms with Crippen molar-refractivity contribution in [3.05, 3.63) is 93.8 Å². The van der Waals surface area contributed by atoms with Gasteiger partial charge in [0, 0.05) is 6.07 Å². The topological polar surface area (TPSA) is 96.2 Å². The lowest BCUT2D eigenvalue weighted by atomic mass is 10.1. The molecule has 9 heteroatoms. The van der Waals surface area contributed by atoms with E-state index in [-0.39, 0.29) is 40.4 Å². The number of carboxylic acids is 1. The maximum absolute atomic E-state index is 14.7. The highest BCUT2D eigenvalue weighted by Crippen LogP contribution is 2.33. The number of hydrogen-bond acceptors (Lipinski definition) is 6. The SMILES string of the molecule is COc1ccc(COc2cc3c(=O)c(C(=O)O)cn(F)c3cc2OCc2ccc(OC)cc2)cc1. The van der Waals surface area contributed by atoms with Gasteiger partial charge in [0.25, 0.3) is 0 Å². The molecule has 0 atom stereocenters. The zero-order valence-corrected chi connectivity index (χ0v) is 19.0. The molecule has 0 bridgehead atoms. The molecule has 4 aromatic rings. The van der Waals surface area contributed by atoms with Crippen LogP contribution in [0.15, 0.2) is 71.7 Å². The van der Waals surface area contributed by atoms with E-state index in [1.807, 2.05) is 24.3 Å². The lowest BCUT2D eigenvalue weighted by molar-refractivity contribution is 0.0693. The predicted octanol–water partition coefficient (Wildman–Crippen LogP) is 4.61. The summed E-state index contributed by atoms with van der Waals surface area (Å²) in [6.07, 6.45) is 0.637. The molecular weight excluding hydrogens is 457 g/mol. The molecule has 0 spiro atoms. The molecule has 1 heterocycles. The van der Waals surface area contributed by atoms with E-state index >= 15 is 0 Å². The Labute approximate surface area is 199 Å². The quantitative estimate of drug-likeness (QED) is 0.375. The average Bonchev–Trinajstić information content (AvgIpc) is 2.88. The average molecular weight is 479 g/mol. The molecule has 0 aliphatic rings. The number of aromatic nitrogens is 1. The fourth-order valence-corrected chi connectivity index (χ4v) is 3.44. The van der Waals surface area contributed by atoms with Crippen molar-refractivity contribution < 1.29 is 33.3 Å². The van der Waals surface area contributed by atoms with Crippen LogP contribution in [-0.2, 0) is 13.2 Å². The molecule has 8 nitrogen and oxygen atoms in total. The highest BCUT2D eigenvalue weighted by molar-refractivity contribution is 5.93. The molecule has 4 rings (SSSR count). The van der Waals surface area contributed by atoms with Crippen molar-refractivity contribution in [2.24, 2.45) is 0 Å². The van der Waals surface area contributed by atoms with Crippen molar-refractivity contribution in [1.29, 1.82) is 0 Å². The van der Waals surface area contributed by atoms with Crippen LogP contribution in [-0.4, -0.2) is 30.1 Å². The van der Waals surface area contributed by atoms with Crippen molar-refractivity contribution in [3.63, 3.8) is 0 Å². The summed E-state index contributed by atoms with van der Waals surface area (Å²) in [6.45, 7) is 0.259. The second kappa shape index (κ2) is 10.2. The zero-order chi connectivity index (χ0) is 24.9. The highest BCUT2D eigenvalue weighted by atomic mass is 19.2. The zero-order valence-electron chi connectivity index (χ0n) is 19.0. The first-order chi connectivity index (χ1) is 16.9. The van der Waals surface area contributed by atoms with Gasteiger partial charge in [-0.15, -0.1) is 0 Å². The summed E-state index contributed by atoms with van der Waals surface area (Å²) >= 11 is 0. The molecule has 180 valence electrons. The Morgan fingerprint density at radius 2 is 1.34 bits per heavy atom. The molecule has 0 unspecified atom stereocenters. The number of carbonyl (C=O) groups is 1. The molecule has 0 amide bonds. The maximum atomic E-state index is 14.7. The minimum atomic E-state index is -1.52. The maximum Gasteiger partial charge on any atom is 0.341 e. The first-order valence-corrected chi connectivity index (χ1v) is 10.5. The third-order valence-electron chi connectivity index (χ3n) is 5.36. The normalized spacial score (nSPS) is 10.7. The smallest absolute Gasteiger partial charge is 0.341 e. The van der Waals surface area contributed by atoms with E-state index in [0.717, 1.165) is 11.1 Å². The van der Waals surface area contributed by atoms with Crippen LogP contribution < -0.4 is 24.4 Å². The summed E-state index contributed by atoms with van der Waals surface area (Å²) in [5.74, 6) is 0.215. The fourth-order valence-electron chi connectivity index (χ4n) is 3.44. The number of benzene rings is 3. The van der Waals surface area contributed by atoms with Crippen molar-refractivity contribution in [2.45, 2.75) is 13.2 Å². The van der Waals surface area contributed by atoms with Gasteiger partial charge in [0.1, 0.15) is 30.3 Å². The second-order valence-corrected chi connectivity index (χ2v) is 7.58. The summed E-state index contributed by atoms with van der Waals surface area (Å²) in [5.41, 5.74) is -0.00742. The Bertz CT molecular complexity index is 1410. The molecule has 0 saturated heterocycles. The first kappa shape index (κ1) is 23.6. The van der Waals surface area contributed by atoms with Gasteiger partial charge in [-0.3, -0.25) is 4.79 Å². The van der Waals surface area contributed by atoms with Crippen molar-refractivity contribution in [1.82, 2.24) is 4.79 Å². The second-order valence-electron chi connectivity index (χ2n) is 7.58. The van der Waals surface area contributed by atoms with Crippen LogP contribution in [0, 0.1) is 0 Å². The highest BCUT2D eigenvalue weighted by Gasteiger charge is 2.18. The lowest BCUT2D eigenvalue weighted by Crippen LogP contribution is -2.17. The third-order valence-corrected chi connectivity index (χ3v) is 5.36. The molecule has 0 aliphatic heterocycles. The predicted molar refractivity (Wildman–Crippen MR) is 126 cm³/mol. The summed E-state index contributed by atoms with van der Waals surface area (Å²) in [6, 6.07) is 17.0. The number of methoxy groups -OCH3 is 2. The molecule has 1 N–H and O–H groups in total. The number of ether oxygens (including phenoxy) is 4. The van der Waals surface area contributed by atoms with Gasteiger partial charge in [-0.2, -0.15) is 4.79 Å². The monoisotopic (exact) mass is 479 g/mol. The van der Waals surface area contributed by atoms with Crippen LogP contribution in [0.1, 0.15) is 21.5 Å². The largest absolute Gasteiger partial charge is 0.497 e. The molecule has 35 heavy (non-hydrogen) atoms. The van der Waals surface area contributed by atoms with E-state index in [9.17, 15) is 19.2 Å². The molecule has 0 saturated carbocycles. The number of carboxylic acid groups (broad SMARTS) is 1. The first-order valence-electron chi connectivity index (χ1n) is 10.5. The molecular formula is C26H22FNO7. The number of halogens is 1. The summed E-state index contributed by atoms with van der Waals surface area (Å²) in [7, 11) is 3.13. The number of fused-ring (bicyclic) bond motifs is 1. The van der Waals surface area contributed by atoms with Crippen LogP contribution in [0.3, 0.4) is 0 Å². The Balaban J connectivity index is 1.70. The number of aromatic carboxylic acids is 1. The number of rotatable bonds is 9. The van der Waals surface area contributed by atoms with Crippen LogP contribution in [0.2, 0.25) is 0 Å². The van der Waals surface area contributed by atoms with Gasteiger partial charge in [0.05, 0.1) is 31.3 Å². The van der Waals surface area contributed by atoms with E-state index in [1.165, 1.54) is 12.1 Å². The number of hydrogen-bond donors (Lipinski definition) is 1. The molecule has 3 aromatic carbocycles.